The maximum atomic E-state index is 13.4. The van der Waals surface area contributed by atoms with Gasteiger partial charge in [-0.05, 0) is 42.4 Å². The van der Waals surface area contributed by atoms with Gasteiger partial charge in [0.05, 0.1) is 6.54 Å². The first-order valence-corrected chi connectivity index (χ1v) is 10.4. The number of carbonyl (C=O) groups excluding carboxylic acids is 3. The molecule has 3 aromatic rings. The first-order valence-electron chi connectivity index (χ1n) is 10.4. The van der Waals surface area contributed by atoms with Crippen LogP contribution < -0.4 is 5.32 Å². The van der Waals surface area contributed by atoms with E-state index in [-0.39, 0.29) is 18.2 Å². The van der Waals surface area contributed by atoms with Gasteiger partial charge >= 0.3 is 6.03 Å². The molecule has 2 aromatic carbocycles. The van der Waals surface area contributed by atoms with Gasteiger partial charge in [-0.3, -0.25) is 14.5 Å². The quantitative estimate of drug-likeness (QED) is 0.517. The number of carbonyl (C=O) groups is 3. The number of ketones is 1. The molecule has 0 bridgehead atoms. The number of H-pyrrole nitrogens is 1. The molecule has 1 spiro atoms. The number of nitrogens with one attached hydrogen (secondary N) is 2. The smallest absolute Gasteiger partial charge is 0.325 e. The summed E-state index contributed by atoms with van der Waals surface area (Å²) >= 11 is 0. The van der Waals surface area contributed by atoms with Gasteiger partial charge in [-0.15, -0.1) is 0 Å². The summed E-state index contributed by atoms with van der Waals surface area (Å²) in [5.41, 5.74) is 3.43. The van der Waals surface area contributed by atoms with E-state index in [1.165, 1.54) is 0 Å². The Morgan fingerprint density at radius 3 is 2.80 bits per heavy atom. The van der Waals surface area contributed by atoms with Crippen LogP contribution in [-0.4, -0.2) is 34.2 Å². The Bertz CT molecular complexity index is 1200. The molecule has 1 saturated heterocycles. The molecule has 152 valence electrons. The van der Waals surface area contributed by atoms with Gasteiger partial charge in [0.15, 0.2) is 5.78 Å². The summed E-state index contributed by atoms with van der Waals surface area (Å²) in [4.78, 5) is 43.5. The molecule has 2 N–H and O–H groups in total. The van der Waals surface area contributed by atoms with Crippen molar-refractivity contribution >= 4 is 28.6 Å². The molecular weight excluding hydrogens is 378 g/mol. The zero-order valence-electron chi connectivity index (χ0n) is 16.8. The molecule has 30 heavy (non-hydrogen) atoms. The second kappa shape index (κ2) is 6.83. The van der Waals surface area contributed by atoms with Crippen LogP contribution in [0.25, 0.3) is 10.9 Å². The summed E-state index contributed by atoms with van der Waals surface area (Å²) in [5.74, 6) is -0.582. The van der Waals surface area contributed by atoms with Crippen molar-refractivity contribution in [2.75, 3.05) is 6.54 Å². The molecule has 0 saturated carbocycles. The lowest BCUT2D eigenvalue weighted by Gasteiger charge is -2.33. The number of fused-ring (bicyclic) bond motifs is 3. The predicted molar refractivity (Wildman–Crippen MR) is 113 cm³/mol. The number of benzene rings is 2. The summed E-state index contributed by atoms with van der Waals surface area (Å²) in [5, 5.41) is 3.73. The number of amides is 3. The topological polar surface area (TPSA) is 82.3 Å². The third kappa shape index (κ3) is 2.60. The second-order valence-electron chi connectivity index (χ2n) is 8.06. The van der Waals surface area contributed by atoms with Crippen molar-refractivity contribution in [3.05, 3.63) is 70.9 Å². The number of hydrogen-bond acceptors (Lipinski definition) is 3. The lowest BCUT2D eigenvalue weighted by atomic mass is 9.76. The molecule has 6 nitrogen and oxygen atoms in total. The van der Waals surface area contributed by atoms with Gasteiger partial charge in [0.1, 0.15) is 5.54 Å². The molecule has 1 unspecified atom stereocenters. The minimum Gasteiger partial charge on any atom is -0.360 e. The number of rotatable bonds is 4. The molecule has 1 aliphatic heterocycles. The van der Waals surface area contributed by atoms with Gasteiger partial charge in [-0.2, -0.15) is 0 Å². The van der Waals surface area contributed by atoms with Crippen molar-refractivity contribution in [3.63, 3.8) is 0 Å². The highest BCUT2D eigenvalue weighted by Gasteiger charge is 2.54. The summed E-state index contributed by atoms with van der Waals surface area (Å²) in [6.45, 7) is 1.80. The van der Waals surface area contributed by atoms with E-state index in [0.717, 1.165) is 51.8 Å². The number of urea groups is 1. The Morgan fingerprint density at radius 1 is 1.13 bits per heavy atom. The van der Waals surface area contributed by atoms with Crippen molar-refractivity contribution in [2.45, 2.75) is 38.1 Å². The zero-order chi connectivity index (χ0) is 20.9. The van der Waals surface area contributed by atoms with E-state index in [1.54, 1.807) is 6.20 Å². The van der Waals surface area contributed by atoms with E-state index in [2.05, 4.69) is 17.2 Å². The van der Waals surface area contributed by atoms with Crippen LogP contribution in [0.2, 0.25) is 0 Å². The molecule has 6 heteroatoms. The summed E-state index contributed by atoms with van der Waals surface area (Å²) in [7, 11) is 0. The Balaban J connectivity index is 1.46. The Hall–Kier alpha value is -3.41. The Morgan fingerprint density at radius 2 is 1.97 bits per heavy atom. The maximum absolute atomic E-state index is 13.4. The van der Waals surface area contributed by atoms with Crippen LogP contribution in [0.5, 0.6) is 0 Å². The van der Waals surface area contributed by atoms with E-state index >= 15 is 0 Å². The summed E-state index contributed by atoms with van der Waals surface area (Å²) in [6, 6.07) is 13.1. The number of Topliss-reactive ketones (excluding diaryl/α,β-unsaturated/α-hetero) is 1. The highest BCUT2D eigenvalue weighted by Crippen LogP contribution is 2.40. The van der Waals surface area contributed by atoms with Crippen LogP contribution in [0.1, 0.15) is 46.8 Å². The van der Waals surface area contributed by atoms with Crippen molar-refractivity contribution in [3.8, 4) is 0 Å². The largest absolute Gasteiger partial charge is 0.360 e. The minimum atomic E-state index is -1.05. The fourth-order valence-corrected chi connectivity index (χ4v) is 4.93. The molecule has 3 amide bonds. The number of nitrogens with zero attached hydrogens (tertiary/aromatic N) is 1. The predicted octanol–water partition coefficient (Wildman–Crippen LogP) is 3.70. The summed E-state index contributed by atoms with van der Waals surface area (Å²) in [6.07, 6.45) is 4.77. The van der Waals surface area contributed by atoms with Gasteiger partial charge in [-0.1, -0.05) is 49.4 Å². The summed E-state index contributed by atoms with van der Waals surface area (Å²) < 4.78 is 0. The molecule has 1 aromatic heterocycles. The van der Waals surface area contributed by atoms with E-state index in [1.807, 2.05) is 42.5 Å². The first-order chi connectivity index (χ1) is 14.5. The van der Waals surface area contributed by atoms with Crippen molar-refractivity contribution in [1.29, 1.82) is 0 Å². The van der Waals surface area contributed by atoms with E-state index in [4.69, 9.17) is 0 Å². The fourth-order valence-electron chi connectivity index (χ4n) is 4.93. The van der Waals surface area contributed by atoms with E-state index in [9.17, 15) is 14.4 Å². The SMILES string of the molecule is CCc1cccc2c(C(=O)CN3C(=O)NC4(CCCc5ccccc54)C3=O)c[nH]c12. The van der Waals surface area contributed by atoms with E-state index < -0.39 is 11.6 Å². The van der Waals surface area contributed by atoms with Crippen LogP contribution in [0.3, 0.4) is 0 Å². The van der Waals surface area contributed by atoms with E-state index in [0.29, 0.717) is 12.0 Å². The monoisotopic (exact) mass is 401 g/mol. The van der Waals surface area contributed by atoms with Crippen LogP contribution in [0.4, 0.5) is 4.79 Å². The number of aromatic nitrogens is 1. The Kier molecular flexibility index (Phi) is 4.24. The number of aromatic amines is 1. The van der Waals surface area contributed by atoms with Gasteiger partial charge in [0.25, 0.3) is 5.91 Å². The van der Waals surface area contributed by atoms with Gasteiger partial charge < -0.3 is 10.3 Å². The molecule has 2 heterocycles. The average Bonchev–Trinajstić information content (AvgIpc) is 3.30. The van der Waals surface area contributed by atoms with Crippen LogP contribution in [-0.2, 0) is 23.2 Å². The number of aryl methyl sites for hydroxylation is 2. The third-order valence-electron chi connectivity index (χ3n) is 6.44. The number of imide groups is 1. The van der Waals surface area contributed by atoms with Gasteiger partial charge in [0.2, 0.25) is 0 Å². The minimum absolute atomic E-state index is 0.251. The highest BCUT2D eigenvalue weighted by atomic mass is 16.2. The third-order valence-corrected chi connectivity index (χ3v) is 6.44. The first kappa shape index (κ1) is 18.6. The van der Waals surface area contributed by atoms with Crippen LogP contribution in [0, 0.1) is 0 Å². The molecule has 1 fully saturated rings. The molecule has 0 radical (unpaired) electrons. The average molecular weight is 401 g/mol. The number of para-hydroxylation sites is 1. The molecule has 2 aliphatic rings. The zero-order valence-corrected chi connectivity index (χ0v) is 16.8. The van der Waals surface area contributed by atoms with Gasteiger partial charge in [0, 0.05) is 22.7 Å². The van der Waals surface area contributed by atoms with Crippen molar-refractivity contribution in [2.24, 2.45) is 0 Å². The molecule has 1 atom stereocenters. The maximum Gasteiger partial charge on any atom is 0.325 e. The second-order valence-corrected chi connectivity index (χ2v) is 8.06. The molecule has 5 rings (SSSR count). The van der Waals surface area contributed by atoms with Crippen molar-refractivity contribution < 1.29 is 14.4 Å². The normalized spacial score (nSPS) is 20.6. The van der Waals surface area contributed by atoms with Gasteiger partial charge in [-0.25, -0.2) is 4.79 Å². The lowest BCUT2D eigenvalue weighted by Crippen LogP contribution is -2.46. The molecular formula is C24H23N3O3. The van der Waals surface area contributed by atoms with Crippen molar-refractivity contribution in [1.82, 2.24) is 15.2 Å². The standard InChI is InChI=1S/C24H23N3O3/c1-2-15-8-5-10-17-18(13-25-21(15)17)20(28)14-27-22(29)24(26-23(27)30)12-6-9-16-7-3-4-11-19(16)24/h3-5,7-8,10-11,13,25H,2,6,9,12,14H2,1H3,(H,26,30). The van der Waals surface area contributed by atoms with Crippen LogP contribution >= 0.6 is 0 Å². The highest BCUT2D eigenvalue weighted by molar-refractivity contribution is 6.14. The molecule has 1 aliphatic carbocycles. The lowest BCUT2D eigenvalue weighted by molar-refractivity contribution is -0.131. The fraction of sp³-hybridized carbons (Fsp3) is 0.292. The Labute approximate surface area is 174 Å². The van der Waals surface area contributed by atoms with Crippen LogP contribution in [0.15, 0.2) is 48.7 Å². The number of hydrogen-bond donors (Lipinski definition) is 2.